The molecular weight excluding hydrogens is 240 g/mol. The zero-order valence-corrected chi connectivity index (χ0v) is 12.3. The minimum atomic E-state index is 0.721. The molecule has 1 aliphatic rings. The van der Waals surface area contributed by atoms with Gasteiger partial charge in [0.25, 0.3) is 0 Å². The normalized spacial score (nSPS) is 19.1. The Morgan fingerprint density at radius 3 is 2.72 bits per heavy atom. The van der Waals surface area contributed by atoms with Crippen LogP contribution in [0.2, 0.25) is 0 Å². The second-order valence-electron chi connectivity index (χ2n) is 4.97. The third-order valence-corrected chi connectivity index (χ3v) is 4.70. The number of benzene rings is 1. The van der Waals surface area contributed by atoms with E-state index in [-0.39, 0.29) is 0 Å². The molecule has 1 fully saturated rings. The van der Waals surface area contributed by atoms with Crippen LogP contribution in [-0.4, -0.2) is 31.1 Å². The minimum Gasteiger partial charge on any atom is -0.371 e. The van der Waals surface area contributed by atoms with E-state index in [0.29, 0.717) is 0 Å². The van der Waals surface area contributed by atoms with Gasteiger partial charge in [-0.1, -0.05) is 19.1 Å². The number of nitrogens with one attached hydrogen (secondary N) is 1. The van der Waals surface area contributed by atoms with Crippen molar-refractivity contribution in [2.24, 2.45) is 0 Å². The van der Waals surface area contributed by atoms with Gasteiger partial charge >= 0.3 is 0 Å². The Morgan fingerprint density at radius 2 is 2.11 bits per heavy atom. The Morgan fingerprint density at radius 1 is 1.33 bits per heavy atom. The summed E-state index contributed by atoms with van der Waals surface area (Å²) in [5, 5.41) is 3.44. The van der Waals surface area contributed by atoms with Gasteiger partial charge < -0.3 is 10.2 Å². The summed E-state index contributed by atoms with van der Waals surface area (Å²) in [6, 6.07) is 9.73. The van der Waals surface area contributed by atoms with Crippen molar-refractivity contribution in [3.63, 3.8) is 0 Å². The maximum absolute atomic E-state index is 3.44. The molecule has 1 atom stereocenters. The number of thioether (sulfide) groups is 1. The third kappa shape index (κ3) is 3.66. The van der Waals surface area contributed by atoms with Gasteiger partial charge in [-0.2, -0.15) is 11.8 Å². The minimum absolute atomic E-state index is 0.721. The molecule has 1 heterocycles. The average Bonchev–Trinajstić information content (AvgIpc) is 2.93. The van der Waals surface area contributed by atoms with E-state index in [1.165, 1.54) is 35.6 Å². The van der Waals surface area contributed by atoms with Crippen molar-refractivity contribution in [2.75, 3.05) is 30.0 Å². The molecule has 1 saturated heterocycles. The van der Waals surface area contributed by atoms with Crippen LogP contribution in [0.3, 0.4) is 0 Å². The molecule has 18 heavy (non-hydrogen) atoms. The lowest BCUT2D eigenvalue weighted by atomic mass is 10.1. The molecule has 100 valence electrons. The standard InChI is InChI=1S/C15H24N2S/c1-3-9-16-11-13-4-6-14(7-5-13)17(2)15-8-10-18-12-15/h4-7,15-16H,3,8-12H2,1-2H3. The first-order valence-electron chi connectivity index (χ1n) is 6.91. The lowest BCUT2D eigenvalue weighted by Crippen LogP contribution is -2.31. The first kappa shape index (κ1) is 13.8. The Bertz CT molecular complexity index is 344. The first-order valence-corrected chi connectivity index (χ1v) is 8.07. The molecule has 0 radical (unpaired) electrons. The SMILES string of the molecule is CCCNCc1ccc(N(C)C2CCSC2)cc1. The summed E-state index contributed by atoms with van der Waals surface area (Å²) < 4.78 is 0. The average molecular weight is 264 g/mol. The highest BCUT2D eigenvalue weighted by Crippen LogP contribution is 2.25. The molecule has 0 spiro atoms. The molecule has 2 nitrogen and oxygen atoms in total. The van der Waals surface area contributed by atoms with Crippen LogP contribution < -0.4 is 10.2 Å². The highest BCUT2D eigenvalue weighted by Gasteiger charge is 2.19. The molecule has 1 unspecified atom stereocenters. The summed E-state index contributed by atoms with van der Waals surface area (Å²) >= 11 is 2.07. The summed E-state index contributed by atoms with van der Waals surface area (Å²) in [7, 11) is 2.22. The highest BCUT2D eigenvalue weighted by molar-refractivity contribution is 7.99. The lowest BCUT2D eigenvalue weighted by Gasteiger charge is -2.26. The Kier molecular flexibility index (Phi) is 5.39. The van der Waals surface area contributed by atoms with Crippen molar-refractivity contribution in [1.82, 2.24) is 5.32 Å². The lowest BCUT2D eigenvalue weighted by molar-refractivity contribution is 0.674. The van der Waals surface area contributed by atoms with E-state index in [2.05, 4.69) is 60.2 Å². The van der Waals surface area contributed by atoms with Crippen LogP contribution in [-0.2, 0) is 6.54 Å². The maximum atomic E-state index is 3.44. The fourth-order valence-corrected chi connectivity index (χ4v) is 3.56. The van der Waals surface area contributed by atoms with Gasteiger partial charge in [0.15, 0.2) is 0 Å². The van der Waals surface area contributed by atoms with Crippen molar-refractivity contribution in [2.45, 2.75) is 32.4 Å². The van der Waals surface area contributed by atoms with Crippen LogP contribution in [0.25, 0.3) is 0 Å². The Hall–Kier alpha value is -0.670. The second-order valence-corrected chi connectivity index (χ2v) is 6.12. The fourth-order valence-electron chi connectivity index (χ4n) is 2.30. The van der Waals surface area contributed by atoms with Crippen molar-refractivity contribution in [3.8, 4) is 0 Å². The maximum Gasteiger partial charge on any atom is 0.0385 e. The number of hydrogen-bond acceptors (Lipinski definition) is 3. The van der Waals surface area contributed by atoms with Gasteiger partial charge in [-0.05, 0) is 42.8 Å². The van der Waals surface area contributed by atoms with Gasteiger partial charge in [-0.25, -0.2) is 0 Å². The van der Waals surface area contributed by atoms with Crippen LogP contribution in [0, 0.1) is 0 Å². The molecule has 0 amide bonds. The zero-order chi connectivity index (χ0) is 12.8. The summed E-state index contributed by atoms with van der Waals surface area (Å²) in [5.74, 6) is 2.59. The smallest absolute Gasteiger partial charge is 0.0385 e. The van der Waals surface area contributed by atoms with Crippen molar-refractivity contribution in [1.29, 1.82) is 0 Å². The second kappa shape index (κ2) is 7.05. The van der Waals surface area contributed by atoms with Crippen molar-refractivity contribution < 1.29 is 0 Å². The molecule has 2 rings (SSSR count). The van der Waals surface area contributed by atoms with Crippen molar-refractivity contribution in [3.05, 3.63) is 29.8 Å². The molecule has 0 bridgehead atoms. The highest BCUT2D eigenvalue weighted by atomic mass is 32.2. The van der Waals surface area contributed by atoms with Gasteiger partial charge in [-0.15, -0.1) is 0 Å². The number of anilines is 1. The van der Waals surface area contributed by atoms with Gasteiger partial charge in [0.05, 0.1) is 0 Å². The van der Waals surface area contributed by atoms with Crippen LogP contribution in [0.15, 0.2) is 24.3 Å². The number of nitrogens with zero attached hydrogens (tertiary/aromatic N) is 1. The van der Waals surface area contributed by atoms with E-state index in [9.17, 15) is 0 Å². The van der Waals surface area contributed by atoms with Gasteiger partial charge in [0.1, 0.15) is 0 Å². The molecule has 0 aliphatic carbocycles. The van der Waals surface area contributed by atoms with Crippen molar-refractivity contribution >= 4 is 17.4 Å². The fraction of sp³-hybridized carbons (Fsp3) is 0.600. The molecular formula is C15H24N2S. The Labute approximate surface area is 115 Å². The number of rotatable bonds is 6. The van der Waals surface area contributed by atoms with E-state index in [0.717, 1.165) is 19.1 Å². The van der Waals surface area contributed by atoms with Crippen LogP contribution >= 0.6 is 11.8 Å². The molecule has 1 aliphatic heterocycles. The van der Waals surface area contributed by atoms with Gasteiger partial charge in [-0.3, -0.25) is 0 Å². The van der Waals surface area contributed by atoms with Gasteiger partial charge in [0, 0.05) is 31.1 Å². The Balaban J connectivity index is 1.89. The van der Waals surface area contributed by atoms with E-state index >= 15 is 0 Å². The number of hydrogen-bond donors (Lipinski definition) is 1. The van der Waals surface area contributed by atoms with E-state index in [1.54, 1.807) is 0 Å². The molecule has 0 aromatic heterocycles. The third-order valence-electron chi connectivity index (χ3n) is 3.55. The van der Waals surface area contributed by atoms with E-state index < -0.39 is 0 Å². The summed E-state index contributed by atoms with van der Waals surface area (Å²) in [6.45, 7) is 4.28. The predicted molar refractivity (Wildman–Crippen MR) is 82.6 cm³/mol. The topological polar surface area (TPSA) is 15.3 Å². The quantitative estimate of drug-likeness (QED) is 0.795. The van der Waals surface area contributed by atoms with Crippen LogP contribution in [0.1, 0.15) is 25.3 Å². The monoisotopic (exact) mass is 264 g/mol. The van der Waals surface area contributed by atoms with Gasteiger partial charge in [0.2, 0.25) is 0 Å². The van der Waals surface area contributed by atoms with Crippen LogP contribution in [0.4, 0.5) is 5.69 Å². The van der Waals surface area contributed by atoms with Crippen LogP contribution in [0.5, 0.6) is 0 Å². The molecule has 1 N–H and O–H groups in total. The van der Waals surface area contributed by atoms with E-state index in [1.807, 2.05) is 0 Å². The molecule has 1 aromatic rings. The predicted octanol–water partition coefficient (Wildman–Crippen LogP) is 3.13. The molecule has 0 saturated carbocycles. The molecule has 1 aromatic carbocycles. The summed E-state index contributed by atoms with van der Waals surface area (Å²) in [5.41, 5.74) is 2.73. The molecule has 3 heteroatoms. The first-order chi connectivity index (χ1) is 8.81. The summed E-state index contributed by atoms with van der Waals surface area (Å²) in [6.07, 6.45) is 2.52. The zero-order valence-electron chi connectivity index (χ0n) is 11.5. The van der Waals surface area contributed by atoms with E-state index in [4.69, 9.17) is 0 Å². The largest absolute Gasteiger partial charge is 0.371 e. The summed E-state index contributed by atoms with van der Waals surface area (Å²) in [4.78, 5) is 2.43.